The zero-order valence-corrected chi connectivity index (χ0v) is 18.2. The molecule has 1 unspecified atom stereocenters. The number of aliphatic carboxylic acids is 1. The lowest BCUT2D eigenvalue weighted by Crippen LogP contribution is -2.39. The van der Waals surface area contributed by atoms with Crippen molar-refractivity contribution in [3.8, 4) is 5.75 Å². The van der Waals surface area contributed by atoms with Crippen molar-refractivity contribution in [1.82, 2.24) is 10.3 Å². The molecule has 1 aromatic heterocycles. The molecule has 0 saturated heterocycles. The quantitative estimate of drug-likeness (QED) is 0.348. The first kappa shape index (κ1) is 22.8. The number of aromatic amines is 1. The number of aromatic nitrogens is 1. The molecule has 3 aromatic rings. The fraction of sp³-hybridized carbons (Fsp3) is 0.400. The number of aliphatic hydroxyl groups is 1. The Labute approximate surface area is 183 Å². The predicted molar refractivity (Wildman–Crippen MR) is 122 cm³/mol. The second kappa shape index (κ2) is 11.0. The summed E-state index contributed by atoms with van der Waals surface area (Å²) in [5.41, 5.74) is 2.75. The van der Waals surface area contributed by atoms with E-state index in [2.05, 4.69) is 24.1 Å². The van der Waals surface area contributed by atoms with Crippen LogP contribution in [0.25, 0.3) is 10.9 Å². The number of aliphatic hydroxyl groups excluding tert-OH is 1. The van der Waals surface area contributed by atoms with Crippen LogP contribution in [-0.2, 0) is 11.2 Å². The SMILES string of the molecule is CC(C)CCOc1ccc(C(O)CCN[C@@H](Cc2c[nH]c3ccccc23)C(=O)O)cc1. The van der Waals surface area contributed by atoms with Crippen molar-refractivity contribution in [2.45, 2.75) is 45.3 Å². The highest BCUT2D eigenvalue weighted by Gasteiger charge is 2.19. The summed E-state index contributed by atoms with van der Waals surface area (Å²) in [7, 11) is 0. The highest BCUT2D eigenvalue weighted by atomic mass is 16.5. The Morgan fingerprint density at radius 3 is 2.55 bits per heavy atom. The van der Waals surface area contributed by atoms with Crippen molar-refractivity contribution in [1.29, 1.82) is 0 Å². The van der Waals surface area contributed by atoms with E-state index in [0.29, 0.717) is 31.9 Å². The standard InChI is InChI=1S/C25H32N2O4/c1-17(2)12-14-31-20-9-7-18(8-10-20)24(28)11-13-26-23(25(29)30)15-19-16-27-22-6-4-3-5-21(19)22/h3-10,16-17,23-24,26-28H,11-15H2,1-2H3,(H,29,30)/t23-,24?/m0/s1. The van der Waals surface area contributed by atoms with Crippen LogP contribution in [0.4, 0.5) is 0 Å². The number of carbonyl (C=O) groups is 1. The molecule has 6 nitrogen and oxygen atoms in total. The average molecular weight is 425 g/mol. The molecule has 0 radical (unpaired) electrons. The van der Waals surface area contributed by atoms with E-state index in [1.54, 1.807) is 0 Å². The summed E-state index contributed by atoms with van der Waals surface area (Å²) < 4.78 is 5.71. The third-order valence-corrected chi connectivity index (χ3v) is 5.43. The van der Waals surface area contributed by atoms with Crippen LogP contribution in [0.3, 0.4) is 0 Å². The Kier molecular flexibility index (Phi) is 8.09. The van der Waals surface area contributed by atoms with Crippen LogP contribution in [-0.4, -0.2) is 40.4 Å². The molecule has 0 aliphatic heterocycles. The third kappa shape index (κ3) is 6.57. The molecule has 2 aromatic carbocycles. The summed E-state index contributed by atoms with van der Waals surface area (Å²) in [6, 6.07) is 14.6. The third-order valence-electron chi connectivity index (χ3n) is 5.43. The van der Waals surface area contributed by atoms with E-state index in [9.17, 15) is 15.0 Å². The highest BCUT2D eigenvalue weighted by molar-refractivity contribution is 5.84. The fourth-order valence-corrected chi connectivity index (χ4v) is 3.53. The first-order valence-corrected chi connectivity index (χ1v) is 10.9. The summed E-state index contributed by atoms with van der Waals surface area (Å²) >= 11 is 0. The van der Waals surface area contributed by atoms with Gasteiger partial charge in [-0.2, -0.15) is 0 Å². The van der Waals surface area contributed by atoms with Crippen LogP contribution in [0.1, 0.15) is 43.9 Å². The lowest BCUT2D eigenvalue weighted by molar-refractivity contribution is -0.139. The molecule has 166 valence electrons. The number of hydrogen-bond acceptors (Lipinski definition) is 4. The number of benzene rings is 2. The van der Waals surface area contributed by atoms with Gasteiger partial charge in [0, 0.05) is 23.5 Å². The van der Waals surface area contributed by atoms with Crippen molar-refractivity contribution >= 4 is 16.9 Å². The van der Waals surface area contributed by atoms with E-state index in [0.717, 1.165) is 34.2 Å². The second-order valence-corrected chi connectivity index (χ2v) is 8.31. The average Bonchev–Trinajstić information content (AvgIpc) is 3.16. The minimum absolute atomic E-state index is 0.373. The monoisotopic (exact) mass is 424 g/mol. The van der Waals surface area contributed by atoms with Gasteiger partial charge in [-0.1, -0.05) is 44.2 Å². The van der Waals surface area contributed by atoms with Gasteiger partial charge < -0.3 is 25.3 Å². The van der Waals surface area contributed by atoms with Crippen molar-refractivity contribution < 1.29 is 19.7 Å². The number of carboxylic acids is 1. The number of fused-ring (bicyclic) bond motifs is 1. The van der Waals surface area contributed by atoms with Crippen molar-refractivity contribution in [3.63, 3.8) is 0 Å². The van der Waals surface area contributed by atoms with E-state index >= 15 is 0 Å². The molecule has 0 aliphatic carbocycles. The van der Waals surface area contributed by atoms with Crippen LogP contribution in [0.2, 0.25) is 0 Å². The number of para-hydroxylation sites is 1. The topological polar surface area (TPSA) is 94.6 Å². The number of carboxylic acid groups (broad SMARTS) is 1. The largest absolute Gasteiger partial charge is 0.494 e. The molecule has 0 spiro atoms. The van der Waals surface area contributed by atoms with Crippen molar-refractivity contribution in [2.75, 3.05) is 13.2 Å². The zero-order chi connectivity index (χ0) is 22.2. The summed E-state index contributed by atoms with van der Waals surface area (Å²) in [5.74, 6) is 0.487. The summed E-state index contributed by atoms with van der Waals surface area (Å²) in [6.45, 7) is 5.39. The Hall–Kier alpha value is -2.83. The van der Waals surface area contributed by atoms with Crippen molar-refractivity contribution in [3.05, 3.63) is 65.9 Å². The number of rotatable bonds is 12. The smallest absolute Gasteiger partial charge is 0.321 e. The minimum Gasteiger partial charge on any atom is -0.494 e. The van der Waals surface area contributed by atoms with Crippen LogP contribution >= 0.6 is 0 Å². The zero-order valence-electron chi connectivity index (χ0n) is 18.2. The van der Waals surface area contributed by atoms with Crippen LogP contribution < -0.4 is 10.1 Å². The highest BCUT2D eigenvalue weighted by Crippen LogP contribution is 2.21. The van der Waals surface area contributed by atoms with Gasteiger partial charge in [-0.25, -0.2) is 0 Å². The van der Waals surface area contributed by atoms with E-state index in [1.165, 1.54) is 0 Å². The van der Waals surface area contributed by atoms with Crippen LogP contribution in [0, 0.1) is 5.92 Å². The normalized spacial score (nSPS) is 13.4. The predicted octanol–water partition coefficient (Wildman–Crippen LogP) is 4.30. The number of H-pyrrole nitrogens is 1. The Bertz CT molecular complexity index is 965. The molecule has 2 atom stereocenters. The molecule has 1 heterocycles. The molecule has 0 fully saturated rings. The Morgan fingerprint density at radius 2 is 1.84 bits per heavy atom. The Morgan fingerprint density at radius 1 is 1.10 bits per heavy atom. The van der Waals surface area contributed by atoms with Crippen LogP contribution in [0.5, 0.6) is 5.75 Å². The molecule has 0 bridgehead atoms. The van der Waals surface area contributed by atoms with Gasteiger partial charge in [0.15, 0.2) is 0 Å². The van der Waals surface area contributed by atoms with E-state index in [-0.39, 0.29) is 0 Å². The van der Waals surface area contributed by atoms with Gasteiger partial charge in [0.05, 0.1) is 12.7 Å². The number of hydrogen-bond donors (Lipinski definition) is 4. The maximum atomic E-state index is 11.7. The van der Waals surface area contributed by atoms with Gasteiger partial charge in [-0.15, -0.1) is 0 Å². The molecular formula is C25H32N2O4. The van der Waals surface area contributed by atoms with Gasteiger partial charge in [-0.3, -0.25) is 4.79 Å². The molecule has 4 N–H and O–H groups in total. The number of nitrogens with one attached hydrogen (secondary N) is 2. The maximum absolute atomic E-state index is 11.7. The van der Waals surface area contributed by atoms with Gasteiger partial charge in [-0.05, 0) is 54.6 Å². The molecule has 0 amide bonds. The maximum Gasteiger partial charge on any atom is 0.321 e. The van der Waals surface area contributed by atoms with Gasteiger partial charge >= 0.3 is 5.97 Å². The lowest BCUT2D eigenvalue weighted by Gasteiger charge is -2.17. The van der Waals surface area contributed by atoms with E-state index in [4.69, 9.17) is 4.74 Å². The summed E-state index contributed by atoms with van der Waals surface area (Å²) in [6.07, 6.45) is 2.99. The van der Waals surface area contributed by atoms with Gasteiger partial charge in [0.25, 0.3) is 0 Å². The molecule has 6 heteroatoms. The molecule has 0 aliphatic rings. The first-order chi connectivity index (χ1) is 14.9. The van der Waals surface area contributed by atoms with E-state index in [1.807, 2.05) is 54.7 Å². The fourth-order valence-electron chi connectivity index (χ4n) is 3.53. The Balaban J connectivity index is 1.49. The molecular weight excluding hydrogens is 392 g/mol. The molecule has 31 heavy (non-hydrogen) atoms. The lowest BCUT2D eigenvalue weighted by atomic mass is 10.0. The first-order valence-electron chi connectivity index (χ1n) is 10.9. The summed E-state index contributed by atoms with van der Waals surface area (Å²) in [5, 5.41) is 24.2. The number of ether oxygens (including phenoxy) is 1. The summed E-state index contributed by atoms with van der Waals surface area (Å²) in [4.78, 5) is 14.9. The van der Waals surface area contributed by atoms with Crippen molar-refractivity contribution in [2.24, 2.45) is 5.92 Å². The van der Waals surface area contributed by atoms with Gasteiger partial charge in [0.1, 0.15) is 11.8 Å². The molecule has 0 saturated carbocycles. The van der Waals surface area contributed by atoms with Crippen LogP contribution in [0.15, 0.2) is 54.7 Å². The minimum atomic E-state index is -0.900. The molecule has 3 rings (SSSR count). The second-order valence-electron chi connectivity index (χ2n) is 8.31. The van der Waals surface area contributed by atoms with E-state index < -0.39 is 18.1 Å². The van der Waals surface area contributed by atoms with Gasteiger partial charge in [0.2, 0.25) is 0 Å².